The van der Waals surface area contributed by atoms with Crippen molar-refractivity contribution in [2.45, 2.75) is 18.6 Å². The van der Waals surface area contributed by atoms with Gasteiger partial charge in [0.15, 0.2) is 0 Å². The Morgan fingerprint density at radius 2 is 1.90 bits per heavy atom. The largest absolute Gasteiger partial charge is 0.411 e. The van der Waals surface area contributed by atoms with E-state index in [1.54, 1.807) is 22.7 Å². The molecule has 0 saturated carbocycles. The molecule has 0 aliphatic carbocycles. The maximum absolute atomic E-state index is 12.0. The Morgan fingerprint density at radius 3 is 2.52 bits per heavy atom. The summed E-state index contributed by atoms with van der Waals surface area (Å²) in [7, 11) is 0. The summed E-state index contributed by atoms with van der Waals surface area (Å²) >= 11 is 3.32. The molecule has 0 saturated heterocycles. The van der Waals surface area contributed by atoms with Crippen LogP contribution in [0.5, 0.6) is 0 Å². The Hall–Kier alpha value is -0.890. The lowest BCUT2D eigenvalue weighted by Crippen LogP contribution is -2.28. The minimum atomic E-state index is -4.26. The van der Waals surface area contributed by atoms with Crippen LogP contribution >= 0.6 is 22.7 Å². The van der Waals surface area contributed by atoms with Gasteiger partial charge in [-0.1, -0.05) is 12.1 Å². The first-order chi connectivity index (χ1) is 10.0. The highest BCUT2D eigenvalue weighted by atomic mass is 32.1. The van der Waals surface area contributed by atoms with Gasteiger partial charge >= 0.3 is 6.18 Å². The van der Waals surface area contributed by atoms with Crippen LogP contribution < -0.4 is 5.32 Å². The quantitative estimate of drug-likeness (QED) is 0.728. The summed E-state index contributed by atoms with van der Waals surface area (Å²) in [6, 6.07) is 8.18. The van der Waals surface area contributed by atoms with E-state index in [0.717, 1.165) is 6.42 Å². The van der Waals surface area contributed by atoms with Crippen LogP contribution in [0, 0.1) is 0 Å². The zero-order chi connectivity index (χ0) is 15.1. The Balaban J connectivity index is 1.80. The number of hydrogen-bond donors (Lipinski definition) is 1. The molecule has 0 fully saturated rings. The number of thiophene rings is 2. The Kier molecular flexibility index (Phi) is 6.22. The fourth-order valence-corrected chi connectivity index (χ4v) is 3.44. The molecule has 2 heterocycles. The highest BCUT2D eigenvalue weighted by molar-refractivity contribution is 7.10. The first-order valence-electron chi connectivity index (χ1n) is 6.48. The van der Waals surface area contributed by atoms with E-state index in [-0.39, 0.29) is 12.6 Å². The predicted octanol–water partition coefficient (Wildman–Crippen LogP) is 4.26. The molecule has 7 heteroatoms. The van der Waals surface area contributed by atoms with Crippen LogP contribution in [0.4, 0.5) is 13.2 Å². The first-order valence-corrected chi connectivity index (χ1v) is 8.24. The zero-order valence-electron chi connectivity index (χ0n) is 11.2. The monoisotopic (exact) mass is 335 g/mol. The summed E-state index contributed by atoms with van der Waals surface area (Å²) in [4.78, 5) is 2.43. The number of ether oxygens (including phenoxy) is 1. The van der Waals surface area contributed by atoms with Gasteiger partial charge < -0.3 is 10.1 Å². The average Bonchev–Trinajstić information content (AvgIpc) is 3.08. The molecule has 116 valence electrons. The Bertz CT molecular complexity index is 497. The highest BCUT2D eigenvalue weighted by Crippen LogP contribution is 2.24. The lowest BCUT2D eigenvalue weighted by atomic mass is 10.1. The molecule has 1 atom stereocenters. The summed E-state index contributed by atoms with van der Waals surface area (Å²) < 4.78 is 40.5. The fourth-order valence-electron chi connectivity index (χ4n) is 1.89. The van der Waals surface area contributed by atoms with Crippen molar-refractivity contribution in [2.75, 3.05) is 19.8 Å². The summed E-state index contributed by atoms with van der Waals surface area (Å²) in [5.41, 5.74) is 0. The fraction of sp³-hybridized carbons (Fsp3) is 0.429. The number of halogens is 3. The second-order valence-corrected chi connectivity index (χ2v) is 6.48. The summed E-state index contributed by atoms with van der Waals surface area (Å²) in [6.45, 7) is -0.751. The summed E-state index contributed by atoms with van der Waals surface area (Å²) in [5.74, 6) is 0. The normalized spacial score (nSPS) is 13.5. The molecular formula is C14H16F3NOS2. The molecule has 0 aliphatic heterocycles. The molecule has 0 aromatic carbocycles. The van der Waals surface area contributed by atoms with E-state index in [2.05, 4.69) is 16.1 Å². The maximum atomic E-state index is 12.0. The van der Waals surface area contributed by atoms with Crippen LogP contribution in [-0.2, 0) is 11.2 Å². The lowest BCUT2D eigenvalue weighted by molar-refractivity contribution is -0.173. The van der Waals surface area contributed by atoms with Crippen molar-refractivity contribution < 1.29 is 17.9 Å². The smallest absolute Gasteiger partial charge is 0.371 e. The summed E-state index contributed by atoms with van der Waals surface area (Å²) in [5, 5.41) is 7.29. The Morgan fingerprint density at radius 1 is 1.14 bits per heavy atom. The first kappa shape index (κ1) is 16.5. The standard InChI is InChI=1S/C14H16F3NOS2/c15-14(16,17)10-19-6-5-18-12(13-4-2-8-21-13)9-11-3-1-7-20-11/h1-4,7-8,12,18H,5-6,9-10H2. The molecule has 2 aromatic rings. The van der Waals surface area contributed by atoms with Gasteiger partial charge in [0.2, 0.25) is 0 Å². The van der Waals surface area contributed by atoms with Crippen LogP contribution in [0.25, 0.3) is 0 Å². The van der Waals surface area contributed by atoms with Crippen molar-refractivity contribution in [2.24, 2.45) is 0 Å². The van der Waals surface area contributed by atoms with Crippen molar-refractivity contribution in [3.05, 3.63) is 44.8 Å². The van der Waals surface area contributed by atoms with Gasteiger partial charge in [0.25, 0.3) is 0 Å². The molecule has 0 radical (unpaired) electrons. The SMILES string of the molecule is FC(F)(F)COCCNC(Cc1cccs1)c1cccs1. The molecule has 2 rings (SSSR count). The van der Waals surface area contributed by atoms with E-state index in [9.17, 15) is 13.2 Å². The molecular weight excluding hydrogens is 319 g/mol. The van der Waals surface area contributed by atoms with Gasteiger partial charge in [-0.15, -0.1) is 22.7 Å². The van der Waals surface area contributed by atoms with Crippen LogP contribution in [0.1, 0.15) is 15.8 Å². The van der Waals surface area contributed by atoms with Crippen LogP contribution in [0.15, 0.2) is 35.0 Å². The van der Waals surface area contributed by atoms with Gasteiger partial charge in [-0.25, -0.2) is 0 Å². The van der Waals surface area contributed by atoms with Crippen LogP contribution in [0.3, 0.4) is 0 Å². The number of alkyl halides is 3. The van der Waals surface area contributed by atoms with Crippen molar-refractivity contribution in [1.29, 1.82) is 0 Å². The number of hydrogen-bond acceptors (Lipinski definition) is 4. The molecule has 21 heavy (non-hydrogen) atoms. The highest BCUT2D eigenvalue weighted by Gasteiger charge is 2.27. The van der Waals surface area contributed by atoms with E-state index >= 15 is 0 Å². The van der Waals surface area contributed by atoms with Crippen molar-refractivity contribution in [3.8, 4) is 0 Å². The minimum Gasteiger partial charge on any atom is -0.371 e. The lowest BCUT2D eigenvalue weighted by Gasteiger charge is -2.17. The molecule has 0 amide bonds. The number of rotatable bonds is 8. The van der Waals surface area contributed by atoms with Crippen molar-refractivity contribution in [3.63, 3.8) is 0 Å². The van der Waals surface area contributed by atoms with E-state index in [0.29, 0.717) is 6.54 Å². The van der Waals surface area contributed by atoms with Crippen molar-refractivity contribution >= 4 is 22.7 Å². The van der Waals surface area contributed by atoms with Gasteiger partial charge in [0.05, 0.1) is 6.61 Å². The average molecular weight is 335 g/mol. The third-order valence-corrected chi connectivity index (χ3v) is 4.66. The van der Waals surface area contributed by atoms with Gasteiger partial charge in [-0.3, -0.25) is 0 Å². The Labute approximate surface area is 129 Å². The number of nitrogens with one attached hydrogen (secondary N) is 1. The van der Waals surface area contributed by atoms with E-state index in [4.69, 9.17) is 0 Å². The predicted molar refractivity (Wildman–Crippen MR) is 80.0 cm³/mol. The summed E-state index contributed by atoms with van der Waals surface area (Å²) in [6.07, 6.45) is -3.43. The van der Waals surface area contributed by atoms with Crippen LogP contribution in [-0.4, -0.2) is 25.9 Å². The maximum Gasteiger partial charge on any atom is 0.411 e. The third kappa shape index (κ3) is 6.17. The molecule has 0 bridgehead atoms. The third-order valence-electron chi connectivity index (χ3n) is 2.77. The molecule has 1 N–H and O–H groups in total. The van der Waals surface area contributed by atoms with E-state index in [1.165, 1.54) is 9.75 Å². The molecule has 0 spiro atoms. The van der Waals surface area contributed by atoms with Gasteiger partial charge in [-0.2, -0.15) is 13.2 Å². The van der Waals surface area contributed by atoms with Crippen molar-refractivity contribution in [1.82, 2.24) is 5.32 Å². The molecule has 0 aliphatic rings. The minimum absolute atomic E-state index is 0.0474. The van der Waals surface area contributed by atoms with Crippen LogP contribution in [0.2, 0.25) is 0 Å². The van der Waals surface area contributed by atoms with Gasteiger partial charge in [-0.05, 0) is 22.9 Å². The topological polar surface area (TPSA) is 21.3 Å². The second-order valence-electron chi connectivity index (χ2n) is 4.47. The molecule has 1 unspecified atom stereocenters. The zero-order valence-corrected chi connectivity index (χ0v) is 12.9. The van der Waals surface area contributed by atoms with Gasteiger partial charge in [0.1, 0.15) is 6.61 Å². The second kappa shape index (κ2) is 7.93. The molecule has 2 aromatic heterocycles. The molecule has 2 nitrogen and oxygen atoms in total. The van der Waals surface area contributed by atoms with Gasteiger partial charge in [0, 0.05) is 28.8 Å². The van der Waals surface area contributed by atoms with E-state index < -0.39 is 12.8 Å². The van der Waals surface area contributed by atoms with E-state index in [1.807, 2.05) is 29.0 Å².